The van der Waals surface area contributed by atoms with E-state index in [4.69, 9.17) is 9.47 Å². The summed E-state index contributed by atoms with van der Waals surface area (Å²) in [6.45, 7) is 3.77. The van der Waals surface area contributed by atoms with Crippen molar-refractivity contribution in [1.29, 1.82) is 0 Å². The molecule has 1 aliphatic rings. The summed E-state index contributed by atoms with van der Waals surface area (Å²) in [6.07, 6.45) is 1.04. The Balaban J connectivity index is 1.68. The average Bonchev–Trinajstić information content (AvgIpc) is 3.12. The summed E-state index contributed by atoms with van der Waals surface area (Å²) in [7, 11) is 3.13. The molecular weight excluding hydrogens is 350 g/mol. The van der Waals surface area contributed by atoms with Crippen LogP contribution in [0.15, 0.2) is 28.4 Å². The molecule has 0 saturated heterocycles. The molecule has 1 atom stereocenters. The number of nitrogens with one attached hydrogen (secondary N) is 1. The third-order valence-corrected chi connectivity index (χ3v) is 6.01. The first-order chi connectivity index (χ1) is 12.6. The van der Waals surface area contributed by atoms with Crippen LogP contribution in [0.2, 0.25) is 0 Å². The van der Waals surface area contributed by atoms with Gasteiger partial charge in [0.2, 0.25) is 0 Å². The molecule has 26 heavy (non-hydrogen) atoms. The van der Waals surface area contributed by atoms with Gasteiger partial charge in [-0.15, -0.1) is 11.3 Å². The number of aromatic nitrogens is 2. The van der Waals surface area contributed by atoms with Crippen LogP contribution >= 0.6 is 11.3 Å². The van der Waals surface area contributed by atoms with Crippen LogP contribution in [0, 0.1) is 0 Å². The number of benzene rings is 1. The monoisotopic (exact) mass is 371 g/mol. The summed E-state index contributed by atoms with van der Waals surface area (Å²) >= 11 is 1.82. The molecule has 0 bridgehead atoms. The molecule has 136 valence electrons. The van der Waals surface area contributed by atoms with Gasteiger partial charge < -0.3 is 14.5 Å². The van der Waals surface area contributed by atoms with Gasteiger partial charge in [-0.25, -0.2) is 4.98 Å². The second kappa shape index (κ2) is 6.74. The Morgan fingerprint density at radius 3 is 2.85 bits per heavy atom. The van der Waals surface area contributed by atoms with E-state index in [0.717, 1.165) is 13.0 Å². The van der Waals surface area contributed by atoms with Crippen molar-refractivity contribution in [3.05, 3.63) is 50.2 Å². The Morgan fingerprint density at radius 2 is 2.08 bits per heavy atom. The smallest absolute Gasteiger partial charge is 0.258 e. The van der Waals surface area contributed by atoms with E-state index in [0.29, 0.717) is 40.8 Å². The van der Waals surface area contributed by atoms with Crippen LogP contribution in [0.4, 0.5) is 0 Å². The van der Waals surface area contributed by atoms with Crippen LogP contribution in [0.25, 0.3) is 10.9 Å². The second-order valence-corrected chi connectivity index (χ2v) is 7.43. The number of rotatable bonds is 4. The summed E-state index contributed by atoms with van der Waals surface area (Å²) in [5.41, 5.74) is 1.84. The molecule has 0 radical (unpaired) electrons. The van der Waals surface area contributed by atoms with E-state index in [-0.39, 0.29) is 5.56 Å². The summed E-state index contributed by atoms with van der Waals surface area (Å²) in [5, 5.41) is 2.65. The van der Waals surface area contributed by atoms with Gasteiger partial charge >= 0.3 is 0 Å². The zero-order valence-corrected chi connectivity index (χ0v) is 15.9. The average molecular weight is 371 g/mol. The molecule has 4 rings (SSSR count). The number of thiophene rings is 1. The lowest BCUT2D eigenvalue weighted by molar-refractivity contribution is 0.186. The van der Waals surface area contributed by atoms with E-state index in [1.807, 2.05) is 11.3 Å². The highest BCUT2D eigenvalue weighted by atomic mass is 32.1. The van der Waals surface area contributed by atoms with Gasteiger partial charge in [-0.05, 0) is 36.4 Å². The van der Waals surface area contributed by atoms with E-state index in [9.17, 15) is 4.79 Å². The van der Waals surface area contributed by atoms with Crippen molar-refractivity contribution in [2.24, 2.45) is 0 Å². The van der Waals surface area contributed by atoms with Crippen molar-refractivity contribution in [2.45, 2.75) is 25.9 Å². The maximum absolute atomic E-state index is 12.5. The third-order valence-electron chi connectivity index (χ3n) is 5.02. The molecule has 3 aromatic rings. The quantitative estimate of drug-likeness (QED) is 0.763. The molecule has 2 aromatic heterocycles. The normalized spacial score (nSPS) is 17.3. The SMILES string of the molecule is COc1cc2nc(CN3CCc4sccc4[C@@H]3C)[nH]c(=O)c2cc1OC. The molecule has 1 aromatic carbocycles. The van der Waals surface area contributed by atoms with Crippen LogP contribution in [0.1, 0.15) is 29.2 Å². The van der Waals surface area contributed by atoms with Gasteiger partial charge in [0.1, 0.15) is 5.82 Å². The molecule has 3 heterocycles. The number of H-pyrrole nitrogens is 1. The maximum atomic E-state index is 12.5. The molecule has 0 saturated carbocycles. The van der Waals surface area contributed by atoms with E-state index in [2.05, 4.69) is 33.2 Å². The standard InChI is InChI=1S/C19H21N3O3S/c1-11-12-5-7-26-17(12)4-6-22(11)10-18-20-14-9-16(25-3)15(24-2)8-13(14)19(23)21-18/h5,7-9,11H,4,6,10H2,1-3H3,(H,20,21,23)/t11-/m0/s1. The largest absolute Gasteiger partial charge is 0.493 e. The second-order valence-electron chi connectivity index (χ2n) is 6.43. The zero-order valence-electron chi connectivity index (χ0n) is 15.0. The van der Waals surface area contributed by atoms with Crippen LogP contribution in [-0.4, -0.2) is 35.6 Å². The minimum atomic E-state index is -0.160. The molecule has 7 heteroatoms. The van der Waals surface area contributed by atoms with Crippen LogP contribution in [-0.2, 0) is 13.0 Å². The van der Waals surface area contributed by atoms with Gasteiger partial charge in [0.05, 0.1) is 31.7 Å². The van der Waals surface area contributed by atoms with Crippen molar-refractivity contribution in [3.63, 3.8) is 0 Å². The van der Waals surface area contributed by atoms with Crippen LogP contribution in [0.3, 0.4) is 0 Å². The highest BCUT2D eigenvalue weighted by Gasteiger charge is 2.25. The lowest BCUT2D eigenvalue weighted by Crippen LogP contribution is -2.33. The Bertz CT molecular complexity index is 1010. The number of aromatic amines is 1. The Labute approximate surface area is 155 Å². The first-order valence-electron chi connectivity index (χ1n) is 8.56. The molecule has 0 spiro atoms. The highest BCUT2D eigenvalue weighted by Crippen LogP contribution is 2.34. The zero-order chi connectivity index (χ0) is 18.3. The van der Waals surface area contributed by atoms with Crippen molar-refractivity contribution in [2.75, 3.05) is 20.8 Å². The number of hydrogen-bond donors (Lipinski definition) is 1. The molecular formula is C19H21N3O3S. The summed E-state index contributed by atoms with van der Waals surface area (Å²) in [5.74, 6) is 1.76. The molecule has 1 aliphatic heterocycles. The number of fused-ring (bicyclic) bond motifs is 2. The van der Waals surface area contributed by atoms with Crippen molar-refractivity contribution >= 4 is 22.2 Å². The first kappa shape index (κ1) is 17.1. The number of methoxy groups -OCH3 is 2. The molecule has 0 unspecified atom stereocenters. The highest BCUT2D eigenvalue weighted by molar-refractivity contribution is 7.10. The third kappa shape index (κ3) is 2.87. The summed E-state index contributed by atoms with van der Waals surface area (Å²) in [6, 6.07) is 5.94. The molecule has 0 aliphatic carbocycles. The van der Waals surface area contributed by atoms with Crippen molar-refractivity contribution < 1.29 is 9.47 Å². The lowest BCUT2D eigenvalue weighted by Gasteiger charge is -2.33. The number of hydrogen-bond acceptors (Lipinski definition) is 6. The Hall–Kier alpha value is -2.38. The fourth-order valence-corrected chi connectivity index (χ4v) is 4.52. The molecule has 6 nitrogen and oxygen atoms in total. The van der Waals surface area contributed by atoms with Gasteiger partial charge in [-0.2, -0.15) is 0 Å². The van der Waals surface area contributed by atoms with Gasteiger partial charge in [-0.3, -0.25) is 9.69 Å². The predicted octanol–water partition coefficient (Wildman–Crippen LogP) is 3.12. The Morgan fingerprint density at radius 1 is 1.31 bits per heavy atom. The minimum absolute atomic E-state index is 0.160. The first-order valence-corrected chi connectivity index (χ1v) is 9.44. The fraction of sp³-hybridized carbons (Fsp3) is 0.368. The topological polar surface area (TPSA) is 67.5 Å². The van der Waals surface area contributed by atoms with Gasteiger partial charge in [0, 0.05) is 23.5 Å². The fourth-order valence-electron chi connectivity index (χ4n) is 3.56. The van der Waals surface area contributed by atoms with Crippen molar-refractivity contribution in [3.8, 4) is 11.5 Å². The minimum Gasteiger partial charge on any atom is -0.493 e. The van der Waals surface area contributed by atoms with Gasteiger partial charge in [0.25, 0.3) is 5.56 Å². The van der Waals surface area contributed by atoms with Crippen LogP contribution < -0.4 is 15.0 Å². The molecule has 1 N–H and O–H groups in total. The maximum Gasteiger partial charge on any atom is 0.258 e. The molecule has 0 fully saturated rings. The molecule has 0 amide bonds. The van der Waals surface area contributed by atoms with Crippen LogP contribution in [0.5, 0.6) is 11.5 Å². The van der Waals surface area contributed by atoms with Gasteiger partial charge in [-0.1, -0.05) is 0 Å². The van der Waals surface area contributed by atoms with Crippen molar-refractivity contribution in [1.82, 2.24) is 14.9 Å². The van der Waals surface area contributed by atoms with E-state index in [1.54, 1.807) is 26.4 Å². The number of ether oxygens (including phenoxy) is 2. The summed E-state index contributed by atoms with van der Waals surface area (Å²) in [4.78, 5) is 23.9. The van der Waals surface area contributed by atoms with E-state index >= 15 is 0 Å². The number of nitrogens with zero attached hydrogens (tertiary/aromatic N) is 2. The predicted molar refractivity (Wildman–Crippen MR) is 102 cm³/mol. The van der Waals surface area contributed by atoms with Gasteiger partial charge in [0.15, 0.2) is 11.5 Å². The lowest BCUT2D eigenvalue weighted by atomic mass is 10.0. The van der Waals surface area contributed by atoms with E-state index < -0.39 is 0 Å². The Kier molecular flexibility index (Phi) is 4.42. The summed E-state index contributed by atoms with van der Waals surface area (Å²) < 4.78 is 10.6. The van der Waals surface area contributed by atoms with E-state index in [1.165, 1.54) is 10.4 Å².